The van der Waals surface area contributed by atoms with Crippen LogP contribution >= 0.6 is 0 Å². The van der Waals surface area contributed by atoms with Crippen LogP contribution in [0.5, 0.6) is 5.75 Å². The Morgan fingerprint density at radius 3 is 2.89 bits per heavy atom. The van der Waals surface area contributed by atoms with Crippen LogP contribution in [0.4, 0.5) is 5.69 Å². The van der Waals surface area contributed by atoms with Crippen molar-refractivity contribution in [3.05, 3.63) is 46.1 Å². The molecule has 0 saturated carbocycles. The van der Waals surface area contributed by atoms with Crippen LogP contribution in [-0.4, -0.2) is 26.1 Å². The molecule has 0 atom stereocenters. The standard InChI is InChI=1S/C10H7N3O6/c14-10(15)7-3-6(1-2-8(7)13(16)17)18-4-9-11-5-12-19-9/h1-3,5H,4H2,(H,14,15). The van der Waals surface area contributed by atoms with Crippen molar-refractivity contribution in [2.24, 2.45) is 0 Å². The second-order valence-electron chi connectivity index (χ2n) is 3.36. The van der Waals surface area contributed by atoms with Gasteiger partial charge >= 0.3 is 5.97 Å². The molecule has 1 aromatic heterocycles. The van der Waals surface area contributed by atoms with Crippen LogP contribution in [0.1, 0.15) is 16.2 Å². The normalized spacial score (nSPS) is 10.1. The first-order chi connectivity index (χ1) is 9.08. The Kier molecular flexibility index (Phi) is 3.37. The smallest absolute Gasteiger partial charge is 0.342 e. The minimum absolute atomic E-state index is 0.0587. The monoisotopic (exact) mass is 265 g/mol. The molecule has 0 spiro atoms. The molecule has 0 aliphatic carbocycles. The van der Waals surface area contributed by atoms with Crippen LogP contribution in [0.2, 0.25) is 0 Å². The van der Waals surface area contributed by atoms with E-state index in [-0.39, 0.29) is 18.2 Å². The lowest BCUT2D eigenvalue weighted by atomic mass is 10.1. The third kappa shape index (κ3) is 2.83. The Bertz CT molecular complexity index is 610. The van der Waals surface area contributed by atoms with E-state index in [4.69, 9.17) is 9.84 Å². The molecule has 0 saturated heterocycles. The zero-order valence-corrected chi connectivity index (χ0v) is 9.35. The van der Waals surface area contributed by atoms with Gasteiger partial charge in [-0.05, 0) is 6.07 Å². The van der Waals surface area contributed by atoms with Crippen molar-refractivity contribution in [2.75, 3.05) is 0 Å². The van der Waals surface area contributed by atoms with Crippen LogP contribution in [0, 0.1) is 10.1 Å². The molecule has 19 heavy (non-hydrogen) atoms. The van der Waals surface area contributed by atoms with Crippen LogP contribution in [0.15, 0.2) is 29.0 Å². The van der Waals surface area contributed by atoms with E-state index in [9.17, 15) is 14.9 Å². The summed E-state index contributed by atoms with van der Waals surface area (Å²) in [6.45, 7) is -0.0587. The second-order valence-corrected chi connectivity index (χ2v) is 3.36. The number of nitro benzene ring substituents is 1. The molecule has 9 nitrogen and oxygen atoms in total. The summed E-state index contributed by atoms with van der Waals surface area (Å²) in [6, 6.07) is 3.42. The van der Waals surface area contributed by atoms with Gasteiger partial charge in [-0.15, -0.1) is 0 Å². The van der Waals surface area contributed by atoms with E-state index in [1.165, 1.54) is 12.4 Å². The number of rotatable bonds is 5. The molecule has 2 rings (SSSR count). The predicted octanol–water partition coefficient (Wildman–Crippen LogP) is 1.25. The average Bonchev–Trinajstić information content (AvgIpc) is 2.88. The molecule has 0 bridgehead atoms. The Morgan fingerprint density at radius 2 is 2.32 bits per heavy atom. The number of benzene rings is 1. The molecular weight excluding hydrogens is 258 g/mol. The largest absolute Gasteiger partial charge is 0.484 e. The molecule has 1 heterocycles. The van der Waals surface area contributed by atoms with Crippen molar-refractivity contribution < 1.29 is 24.1 Å². The fourth-order valence-electron chi connectivity index (χ4n) is 1.34. The van der Waals surface area contributed by atoms with Crippen molar-refractivity contribution >= 4 is 11.7 Å². The maximum Gasteiger partial charge on any atom is 0.342 e. The summed E-state index contributed by atoms with van der Waals surface area (Å²) in [5.74, 6) is -1.05. The Morgan fingerprint density at radius 1 is 1.53 bits per heavy atom. The highest BCUT2D eigenvalue weighted by atomic mass is 16.6. The summed E-state index contributed by atoms with van der Waals surface area (Å²) >= 11 is 0. The van der Waals surface area contributed by atoms with Crippen LogP contribution in [0.25, 0.3) is 0 Å². The fourth-order valence-corrected chi connectivity index (χ4v) is 1.34. The molecule has 1 aromatic carbocycles. The number of nitrogens with zero attached hydrogens (tertiary/aromatic N) is 3. The number of carboxylic acids is 1. The lowest BCUT2D eigenvalue weighted by Gasteiger charge is -2.04. The van der Waals surface area contributed by atoms with Gasteiger partial charge in [-0.2, -0.15) is 4.98 Å². The number of aromatic nitrogens is 2. The van der Waals surface area contributed by atoms with Gasteiger partial charge in [0.25, 0.3) is 11.6 Å². The van der Waals surface area contributed by atoms with Gasteiger partial charge in [0.2, 0.25) is 0 Å². The lowest BCUT2D eigenvalue weighted by Crippen LogP contribution is -2.04. The number of nitro groups is 1. The molecular formula is C10H7N3O6. The summed E-state index contributed by atoms with van der Waals surface area (Å²) in [4.78, 5) is 24.5. The molecule has 0 fully saturated rings. The van der Waals surface area contributed by atoms with Crippen LogP contribution < -0.4 is 4.74 Å². The third-order valence-corrected chi connectivity index (χ3v) is 2.16. The summed E-state index contributed by atoms with van der Waals surface area (Å²) < 4.78 is 9.88. The molecule has 2 aromatic rings. The molecule has 0 aliphatic rings. The lowest BCUT2D eigenvalue weighted by molar-refractivity contribution is -0.385. The second kappa shape index (κ2) is 5.12. The first kappa shape index (κ1) is 12.5. The van der Waals surface area contributed by atoms with E-state index in [1.807, 2.05) is 0 Å². The van der Waals surface area contributed by atoms with E-state index in [0.29, 0.717) is 0 Å². The minimum Gasteiger partial charge on any atom is -0.484 e. The van der Waals surface area contributed by atoms with Gasteiger partial charge in [-0.3, -0.25) is 10.1 Å². The zero-order valence-electron chi connectivity index (χ0n) is 9.35. The van der Waals surface area contributed by atoms with Gasteiger partial charge in [0.05, 0.1) is 4.92 Å². The summed E-state index contributed by atoms with van der Waals surface area (Å²) in [5.41, 5.74) is -0.953. The number of carboxylic acid groups (broad SMARTS) is 1. The van der Waals surface area contributed by atoms with E-state index >= 15 is 0 Å². The Labute approximate surface area is 105 Å². The molecule has 0 radical (unpaired) electrons. The maximum absolute atomic E-state index is 10.9. The molecule has 0 aliphatic heterocycles. The van der Waals surface area contributed by atoms with Gasteiger partial charge in [-0.1, -0.05) is 5.16 Å². The van der Waals surface area contributed by atoms with E-state index in [2.05, 4.69) is 14.7 Å². The fraction of sp³-hybridized carbons (Fsp3) is 0.100. The van der Waals surface area contributed by atoms with Crippen molar-refractivity contribution in [3.8, 4) is 5.75 Å². The number of hydrogen-bond acceptors (Lipinski definition) is 7. The Balaban J connectivity index is 2.20. The molecule has 9 heteroatoms. The van der Waals surface area contributed by atoms with E-state index in [0.717, 1.165) is 12.1 Å². The molecule has 1 N–H and O–H groups in total. The van der Waals surface area contributed by atoms with Gasteiger partial charge in [0.1, 0.15) is 11.3 Å². The first-order valence-electron chi connectivity index (χ1n) is 4.98. The van der Waals surface area contributed by atoms with E-state index < -0.39 is 22.1 Å². The number of aromatic carboxylic acids is 1. The number of ether oxygens (including phenoxy) is 1. The van der Waals surface area contributed by atoms with Gasteiger partial charge in [-0.25, -0.2) is 4.79 Å². The molecule has 0 amide bonds. The third-order valence-electron chi connectivity index (χ3n) is 2.16. The molecule has 98 valence electrons. The summed E-state index contributed by atoms with van der Waals surface area (Å²) in [5, 5.41) is 22.9. The highest BCUT2D eigenvalue weighted by Gasteiger charge is 2.20. The van der Waals surface area contributed by atoms with Crippen LogP contribution in [-0.2, 0) is 6.61 Å². The highest BCUT2D eigenvalue weighted by molar-refractivity contribution is 5.92. The number of carbonyl (C=O) groups is 1. The maximum atomic E-state index is 10.9. The zero-order chi connectivity index (χ0) is 13.8. The van der Waals surface area contributed by atoms with Crippen molar-refractivity contribution in [1.82, 2.24) is 10.1 Å². The Hall–Kier alpha value is -2.97. The van der Waals surface area contributed by atoms with Crippen molar-refractivity contribution in [2.45, 2.75) is 6.61 Å². The molecule has 0 unspecified atom stereocenters. The number of hydrogen-bond donors (Lipinski definition) is 1. The first-order valence-corrected chi connectivity index (χ1v) is 4.98. The van der Waals surface area contributed by atoms with Gasteiger partial charge < -0.3 is 14.4 Å². The quantitative estimate of drug-likeness (QED) is 0.631. The predicted molar refractivity (Wildman–Crippen MR) is 58.7 cm³/mol. The SMILES string of the molecule is O=C(O)c1cc(OCc2ncno2)ccc1[N+](=O)[O-]. The summed E-state index contributed by atoms with van der Waals surface area (Å²) in [7, 11) is 0. The average molecular weight is 265 g/mol. The van der Waals surface area contributed by atoms with Gasteiger partial charge in [0.15, 0.2) is 12.9 Å². The van der Waals surface area contributed by atoms with E-state index in [1.54, 1.807) is 0 Å². The van der Waals surface area contributed by atoms with Crippen LogP contribution in [0.3, 0.4) is 0 Å². The topological polar surface area (TPSA) is 129 Å². The minimum atomic E-state index is -1.41. The van der Waals surface area contributed by atoms with Crippen molar-refractivity contribution in [3.63, 3.8) is 0 Å². The highest BCUT2D eigenvalue weighted by Crippen LogP contribution is 2.24. The summed E-state index contributed by atoms with van der Waals surface area (Å²) in [6.07, 6.45) is 1.19. The van der Waals surface area contributed by atoms with Crippen molar-refractivity contribution in [1.29, 1.82) is 0 Å². The van der Waals surface area contributed by atoms with Gasteiger partial charge in [0, 0.05) is 12.1 Å².